The number of carboxylic acids is 1. The van der Waals surface area contributed by atoms with Gasteiger partial charge in [0, 0.05) is 0 Å². The van der Waals surface area contributed by atoms with Crippen LogP contribution in [0, 0.1) is 0 Å². The van der Waals surface area contributed by atoms with E-state index in [1.807, 2.05) is 6.92 Å². The largest absolute Gasteiger partial charge is 0.478 e. The first kappa shape index (κ1) is 9.21. The molecule has 0 amide bonds. The van der Waals surface area contributed by atoms with Gasteiger partial charge in [0.25, 0.3) is 0 Å². The van der Waals surface area contributed by atoms with Gasteiger partial charge in [0.1, 0.15) is 5.56 Å². The zero-order valence-corrected chi connectivity index (χ0v) is 7.91. The average Bonchev–Trinajstić information content (AvgIpc) is 2.52. The van der Waals surface area contributed by atoms with Crippen LogP contribution in [-0.2, 0) is 10.2 Å². The van der Waals surface area contributed by atoms with E-state index in [-0.39, 0.29) is 11.0 Å². The van der Waals surface area contributed by atoms with Crippen LogP contribution in [0.2, 0.25) is 0 Å². The molecule has 5 nitrogen and oxygen atoms in total. The van der Waals surface area contributed by atoms with Crippen molar-refractivity contribution in [2.24, 2.45) is 0 Å². The molecule has 0 saturated carbocycles. The van der Waals surface area contributed by atoms with Crippen molar-refractivity contribution >= 4 is 5.97 Å². The smallest absolute Gasteiger partial charge is 0.339 e. The van der Waals surface area contributed by atoms with Crippen molar-refractivity contribution in [2.75, 3.05) is 13.2 Å². The topological polar surface area (TPSA) is 75.2 Å². The van der Waals surface area contributed by atoms with Crippen LogP contribution in [0.15, 0.2) is 6.20 Å². The first-order valence-corrected chi connectivity index (χ1v) is 4.54. The van der Waals surface area contributed by atoms with Crippen molar-refractivity contribution in [1.82, 2.24) is 10.2 Å². The van der Waals surface area contributed by atoms with Gasteiger partial charge in [-0.3, -0.25) is 5.10 Å². The number of carboxylic acid groups (broad SMARTS) is 1. The number of carbonyl (C=O) groups is 1. The minimum Gasteiger partial charge on any atom is -0.478 e. The molecule has 0 bridgehead atoms. The molecule has 0 atom stereocenters. The normalized spacial score (nSPS) is 18.9. The number of hydrogen-bond donors (Lipinski definition) is 2. The number of rotatable bonds is 3. The number of H-pyrrole nitrogens is 1. The van der Waals surface area contributed by atoms with E-state index >= 15 is 0 Å². The Morgan fingerprint density at radius 1 is 1.79 bits per heavy atom. The monoisotopic (exact) mass is 196 g/mol. The molecule has 1 aliphatic rings. The SMILES string of the molecule is CCC1(c2[nH]ncc2C(=O)O)COC1. The van der Waals surface area contributed by atoms with Crippen LogP contribution in [0.5, 0.6) is 0 Å². The first-order valence-electron chi connectivity index (χ1n) is 4.54. The van der Waals surface area contributed by atoms with Crippen molar-refractivity contribution in [1.29, 1.82) is 0 Å². The molecule has 0 aromatic carbocycles. The van der Waals surface area contributed by atoms with Crippen molar-refractivity contribution in [3.63, 3.8) is 0 Å². The molecule has 14 heavy (non-hydrogen) atoms. The molecule has 1 aromatic heterocycles. The molecule has 1 aromatic rings. The Bertz CT molecular complexity index is 349. The minimum absolute atomic E-state index is 0.162. The summed E-state index contributed by atoms with van der Waals surface area (Å²) in [7, 11) is 0. The Hall–Kier alpha value is -1.36. The Morgan fingerprint density at radius 2 is 2.50 bits per heavy atom. The molecule has 0 radical (unpaired) electrons. The van der Waals surface area contributed by atoms with Gasteiger partial charge in [-0.15, -0.1) is 0 Å². The fourth-order valence-electron chi connectivity index (χ4n) is 1.73. The lowest BCUT2D eigenvalue weighted by molar-refractivity contribution is -0.0645. The van der Waals surface area contributed by atoms with Gasteiger partial charge in [0.15, 0.2) is 0 Å². The summed E-state index contributed by atoms with van der Waals surface area (Å²) in [6, 6.07) is 0. The van der Waals surface area contributed by atoms with Crippen LogP contribution < -0.4 is 0 Å². The minimum atomic E-state index is -0.937. The molecule has 1 saturated heterocycles. The second-order valence-electron chi connectivity index (χ2n) is 3.59. The first-order chi connectivity index (χ1) is 6.69. The predicted molar refractivity (Wildman–Crippen MR) is 48.3 cm³/mol. The number of aromatic amines is 1. The van der Waals surface area contributed by atoms with Gasteiger partial charge in [0.2, 0.25) is 0 Å². The molecule has 2 rings (SSSR count). The van der Waals surface area contributed by atoms with Crippen molar-refractivity contribution in [3.05, 3.63) is 17.5 Å². The lowest BCUT2D eigenvalue weighted by atomic mass is 9.78. The van der Waals surface area contributed by atoms with Gasteiger partial charge < -0.3 is 9.84 Å². The van der Waals surface area contributed by atoms with Gasteiger partial charge >= 0.3 is 5.97 Å². The van der Waals surface area contributed by atoms with Crippen LogP contribution in [0.4, 0.5) is 0 Å². The number of ether oxygens (including phenoxy) is 1. The third kappa shape index (κ3) is 1.13. The van der Waals surface area contributed by atoms with Crippen molar-refractivity contribution in [3.8, 4) is 0 Å². The van der Waals surface area contributed by atoms with Gasteiger partial charge in [-0.25, -0.2) is 4.79 Å². The lowest BCUT2D eigenvalue weighted by Crippen LogP contribution is -2.47. The highest BCUT2D eigenvalue weighted by atomic mass is 16.5. The lowest BCUT2D eigenvalue weighted by Gasteiger charge is -2.40. The number of nitrogens with one attached hydrogen (secondary N) is 1. The van der Waals surface area contributed by atoms with Gasteiger partial charge in [0.05, 0.1) is 30.5 Å². The Balaban J connectivity index is 2.39. The third-order valence-corrected chi connectivity index (χ3v) is 2.83. The maximum absolute atomic E-state index is 10.9. The fraction of sp³-hybridized carbons (Fsp3) is 0.556. The van der Waals surface area contributed by atoms with E-state index in [0.29, 0.717) is 18.9 Å². The standard InChI is InChI=1S/C9H12N2O3/c1-2-9(4-14-5-9)7-6(8(12)13)3-10-11-7/h3H,2,4-5H2,1H3,(H,10,11)(H,12,13). The quantitative estimate of drug-likeness (QED) is 0.749. The zero-order chi connectivity index (χ0) is 10.2. The maximum Gasteiger partial charge on any atom is 0.339 e. The van der Waals surface area contributed by atoms with Crippen LogP contribution >= 0.6 is 0 Å². The highest BCUT2D eigenvalue weighted by molar-refractivity contribution is 5.89. The van der Waals surface area contributed by atoms with Crippen LogP contribution in [0.25, 0.3) is 0 Å². The molecule has 2 N–H and O–H groups in total. The number of aromatic nitrogens is 2. The van der Waals surface area contributed by atoms with Crippen molar-refractivity contribution < 1.29 is 14.6 Å². The van der Waals surface area contributed by atoms with Crippen LogP contribution in [0.1, 0.15) is 29.4 Å². The molecule has 76 valence electrons. The Morgan fingerprint density at radius 3 is 2.93 bits per heavy atom. The second-order valence-corrected chi connectivity index (χ2v) is 3.59. The van der Waals surface area contributed by atoms with Crippen LogP contribution in [-0.4, -0.2) is 34.5 Å². The van der Waals surface area contributed by atoms with Gasteiger partial charge in [-0.2, -0.15) is 5.10 Å². The molecule has 1 aliphatic heterocycles. The fourth-order valence-corrected chi connectivity index (χ4v) is 1.73. The van der Waals surface area contributed by atoms with E-state index in [2.05, 4.69) is 10.2 Å². The highest BCUT2D eigenvalue weighted by Gasteiger charge is 2.42. The van der Waals surface area contributed by atoms with Gasteiger partial charge in [-0.1, -0.05) is 6.92 Å². The maximum atomic E-state index is 10.9. The summed E-state index contributed by atoms with van der Waals surface area (Å²) in [4.78, 5) is 10.9. The summed E-state index contributed by atoms with van der Waals surface area (Å²) < 4.78 is 5.15. The summed E-state index contributed by atoms with van der Waals surface area (Å²) in [5, 5.41) is 15.5. The molecule has 1 fully saturated rings. The third-order valence-electron chi connectivity index (χ3n) is 2.83. The molecular formula is C9H12N2O3. The number of nitrogens with zero attached hydrogens (tertiary/aromatic N) is 1. The van der Waals surface area contributed by atoms with E-state index in [1.165, 1.54) is 6.20 Å². The summed E-state index contributed by atoms with van der Waals surface area (Å²) in [5.41, 5.74) is 0.790. The summed E-state index contributed by atoms with van der Waals surface area (Å²) in [5.74, 6) is -0.937. The zero-order valence-electron chi connectivity index (χ0n) is 7.91. The molecule has 0 aliphatic carbocycles. The number of hydrogen-bond acceptors (Lipinski definition) is 3. The van der Waals surface area contributed by atoms with Crippen LogP contribution in [0.3, 0.4) is 0 Å². The average molecular weight is 196 g/mol. The van der Waals surface area contributed by atoms with Gasteiger partial charge in [-0.05, 0) is 6.42 Å². The molecule has 2 heterocycles. The molecular weight excluding hydrogens is 184 g/mol. The Kier molecular flexibility index (Phi) is 2.03. The Labute approximate surface area is 81.1 Å². The van der Waals surface area contributed by atoms with E-state index in [9.17, 15) is 4.79 Å². The van der Waals surface area contributed by atoms with E-state index in [4.69, 9.17) is 9.84 Å². The van der Waals surface area contributed by atoms with E-state index < -0.39 is 5.97 Å². The van der Waals surface area contributed by atoms with E-state index in [1.54, 1.807) is 0 Å². The predicted octanol–water partition coefficient (Wildman–Crippen LogP) is 0.786. The molecule has 0 unspecified atom stereocenters. The molecule has 5 heteroatoms. The van der Waals surface area contributed by atoms with E-state index in [0.717, 1.165) is 6.42 Å². The van der Waals surface area contributed by atoms with Crippen molar-refractivity contribution in [2.45, 2.75) is 18.8 Å². The number of aromatic carboxylic acids is 1. The summed E-state index contributed by atoms with van der Waals surface area (Å²) in [6.07, 6.45) is 2.21. The summed E-state index contributed by atoms with van der Waals surface area (Å²) in [6.45, 7) is 3.17. The summed E-state index contributed by atoms with van der Waals surface area (Å²) >= 11 is 0. The molecule has 0 spiro atoms. The highest BCUT2D eigenvalue weighted by Crippen LogP contribution is 2.35. The second kappa shape index (κ2) is 3.09.